The van der Waals surface area contributed by atoms with E-state index in [1.54, 1.807) is 18.2 Å². The van der Waals surface area contributed by atoms with E-state index in [-0.39, 0.29) is 5.91 Å². The van der Waals surface area contributed by atoms with Crippen molar-refractivity contribution < 1.29 is 4.79 Å². The lowest BCUT2D eigenvalue weighted by Gasteiger charge is -1.97. The van der Waals surface area contributed by atoms with E-state index in [0.717, 1.165) is 15.4 Å². The summed E-state index contributed by atoms with van der Waals surface area (Å²) in [5.41, 5.74) is 10.5. The van der Waals surface area contributed by atoms with Crippen molar-refractivity contribution in [1.29, 1.82) is 0 Å². The number of carbonyl (C=O) groups excluding carboxylic acids is 1. The summed E-state index contributed by atoms with van der Waals surface area (Å²) in [6.07, 6.45) is 1.51. The maximum atomic E-state index is 12.2. The molecule has 3 rings (SSSR count). The van der Waals surface area contributed by atoms with Gasteiger partial charge in [-0.25, -0.2) is 10.4 Å². The predicted octanol–water partition coefficient (Wildman–Crippen LogP) is 4.18. The highest BCUT2D eigenvalue weighted by Crippen LogP contribution is 2.33. The van der Waals surface area contributed by atoms with Gasteiger partial charge in [0, 0.05) is 15.3 Å². The van der Waals surface area contributed by atoms with Crippen LogP contribution in [0.5, 0.6) is 0 Å². The summed E-state index contributed by atoms with van der Waals surface area (Å²) in [6, 6.07) is 9.14. The van der Waals surface area contributed by atoms with Crippen molar-refractivity contribution in [3.63, 3.8) is 0 Å². The van der Waals surface area contributed by atoms with Crippen LogP contribution in [0.3, 0.4) is 0 Å². The summed E-state index contributed by atoms with van der Waals surface area (Å²) < 4.78 is 0. The number of nitrogen functional groups attached to an aromatic ring is 1. The van der Waals surface area contributed by atoms with Crippen LogP contribution in [0.1, 0.15) is 20.4 Å². The Balaban J connectivity index is 1.73. The summed E-state index contributed by atoms with van der Waals surface area (Å²) in [7, 11) is 0. The van der Waals surface area contributed by atoms with Crippen molar-refractivity contribution in [2.75, 3.05) is 5.73 Å². The number of aromatic nitrogens is 1. The fourth-order valence-electron chi connectivity index (χ4n) is 1.99. The number of anilines is 1. The highest BCUT2D eigenvalue weighted by molar-refractivity contribution is 7.18. The zero-order chi connectivity index (χ0) is 17.1. The molecule has 0 bridgehead atoms. The second-order valence-electron chi connectivity index (χ2n) is 4.89. The van der Waals surface area contributed by atoms with Crippen LogP contribution in [0.25, 0.3) is 10.4 Å². The summed E-state index contributed by atoms with van der Waals surface area (Å²) in [6.45, 7) is 1.91. The molecule has 2 aromatic heterocycles. The van der Waals surface area contributed by atoms with Crippen LogP contribution < -0.4 is 11.2 Å². The lowest BCUT2D eigenvalue weighted by Crippen LogP contribution is -2.17. The standard InChI is InChI=1S/C16H13ClN4OS2/c1-9-20-12(8-23-9)7-19-21-16(22)15-13(18)6-14(24-15)10-2-4-11(17)5-3-10/h2-8H,18H2,1H3,(H,21,22)/b19-7-. The third kappa shape index (κ3) is 3.81. The lowest BCUT2D eigenvalue weighted by atomic mass is 10.2. The van der Waals surface area contributed by atoms with Gasteiger partial charge in [0.2, 0.25) is 0 Å². The number of carbonyl (C=O) groups is 1. The number of nitrogens with one attached hydrogen (secondary N) is 1. The molecular formula is C16H13ClN4OS2. The van der Waals surface area contributed by atoms with Gasteiger partial charge in [-0.3, -0.25) is 4.79 Å². The Labute approximate surface area is 151 Å². The molecule has 24 heavy (non-hydrogen) atoms. The molecule has 0 spiro atoms. The number of nitrogens with zero attached hydrogens (tertiary/aromatic N) is 2. The molecule has 8 heteroatoms. The first-order chi connectivity index (χ1) is 11.5. The summed E-state index contributed by atoms with van der Waals surface area (Å²) >= 11 is 8.72. The second-order valence-corrected chi connectivity index (χ2v) is 7.44. The van der Waals surface area contributed by atoms with Crippen LogP contribution in [0.15, 0.2) is 40.8 Å². The van der Waals surface area contributed by atoms with E-state index in [1.165, 1.54) is 28.9 Å². The molecule has 0 atom stereocenters. The van der Waals surface area contributed by atoms with Crippen LogP contribution in [0.2, 0.25) is 5.02 Å². The van der Waals surface area contributed by atoms with E-state index in [0.29, 0.717) is 21.3 Å². The molecule has 1 amide bonds. The Morgan fingerprint density at radius 1 is 1.38 bits per heavy atom. The highest BCUT2D eigenvalue weighted by atomic mass is 35.5. The Morgan fingerprint density at radius 3 is 2.79 bits per heavy atom. The number of thiazole rings is 1. The summed E-state index contributed by atoms with van der Waals surface area (Å²) in [4.78, 5) is 17.8. The van der Waals surface area contributed by atoms with Gasteiger partial charge in [0.15, 0.2) is 0 Å². The molecule has 1 aromatic carbocycles. The van der Waals surface area contributed by atoms with Crippen LogP contribution in [-0.2, 0) is 0 Å². The minimum absolute atomic E-state index is 0.346. The number of hydrogen-bond acceptors (Lipinski definition) is 6. The first-order valence-corrected chi connectivity index (χ1v) is 9.01. The van der Waals surface area contributed by atoms with Gasteiger partial charge in [-0.2, -0.15) is 5.10 Å². The van der Waals surface area contributed by atoms with Gasteiger partial charge in [0.05, 0.1) is 22.6 Å². The maximum absolute atomic E-state index is 12.2. The van der Waals surface area contributed by atoms with Gasteiger partial charge < -0.3 is 5.73 Å². The zero-order valence-electron chi connectivity index (χ0n) is 12.6. The van der Waals surface area contributed by atoms with Crippen LogP contribution in [-0.4, -0.2) is 17.1 Å². The van der Waals surface area contributed by atoms with Crippen molar-refractivity contribution in [1.82, 2.24) is 10.4 Å². The number of nitrogens with two attached hydrogens (primary N) is 1. The third-order valence-corrected chi connectivity index (χ3v) is 5.34. The summed E-state index contributed by atoms with van der Waals surface area (Å²) in [5, 5.41) is 7.39. The molecule has 0 fully saturated rings. The average molecular weight is 377 g/mol. The molecule has 0 aliphatic heterocycles. The Kier molecular flexibility index (Phi) is 4.94. The number of halogens is 1. The van der Waals surface area contributed by atoms with Gasteiger partial charge in [-0.05, 0) is 30.7 Å². The Bertz CT molecular complexity index is 899. The van der Waals surface area contributed by atoms with Crippen LogP contribution in [0, 0.1) is 6.92 Å². The van der Waals surface area contributed by atoms with Gasteiger partial charge >= 0.3 is 0 Å². The Hall–Kier alpha value is -2.22. The van der Waals surface area contributed by atoms with E-state index in [1.807, 2.05) is 24.4 Å². The number of amides is 1. The molecule has 0 unspecified atom stereocenters. The van der Waals surface area contributed by atoms with E-state index >= 15 is 0 Å². The van der Waals surface area contributed by atoms with E-state index < -0.39 is 0 Å². The van der Waals surface area contributed by atoms with E-state index in [2.05, 4.69) is 15.5 Å². The largest absolute Gasteiger partial charge is 0.397 e. The minimum Gasteiger partial charge on any atom is -0.397 e. The molecule has 5 nitrogen and oxygen atoms in total. The topological polar surface area (TPSA) is 80.4 Å². The smallest absolute Gasteiger partial charge is 0.283 e. The molecule has 3 N–H and O–H groups in total. The molecule has 0 saturated heterocycles. The number of thiophene rings is 1. The van der Waals surface area contributed by atoms with Crippen molar-refractivity contribution in [2.45, 2.75) is 6.92 Å². The third-order valence-electron chi connectivity index (χ3n) is 3.10. The molecule has 0 radical (unpaired) electrons. The molecule has 2 heterocycles. The first kappa shape index (κ1) is 16.6. The monoisotopic (exact) mass is 376 g/mol. The number of benzene rings is 1. The molecule has 0 aliphatic carbocycles. The van der Waals surface area contributed by atoms with Crippen molar-refractivity contribution in [3.8, 4) is 10.4 Å². The van der Waals surface area contributed by atoms with Crippen LogP contribution in [0.4, 0.5) is 5.69 Å². The minimum atomic E-state index is -0.346. The van der Waals surface area contributed by atoms with Gasteiger partial charge in [-0.15, -0.1) is 22.7 Å². The molecule has 0 aliphatic rings. The number of rotatable bonds is 4. The van der Waals surface area contributed by atoms with Crippen LogP contribution >= 0.6 is 34.3 Å². The van der Waals surface area contributed by atoms with E-state index in [4.69, 9.17) is 17.3 Å². The number of hydrogen-bond donors (Lipinski definition) is 2. The first-order valence-electron chi connectivity index (χ1n) is 6.93. The van der Waals surface area contributed by atoms with Crippen molar-refractivity contribution in [3.05, 3.63) is 56.3 Å². The average Bonchev–Trinajstić information content (AvgIpc) is 3.14. The highest BCUT2D eigenvalue weighted by Gasteiger charge is 2.15. The fourth-order valence-corrected chi connectivity index (χ4v) is 3.65. The lowest BCUT2D eigenvalue weighted by molar-refractivity contribution is 0.0960. The summed E-state index contributed by atoms with van der Waals surface area (Å²) in [5.74, 6) is -0.346. The van der Waals surface area contributed by atoms with Gasteiger partial charge in [-0.1, -0.05) is 23.7 Å². The molecular weight excluding hydrogens is 364 g/mol. The Morgan fingerprint density at radius 2 is 2.12 bits per heavy atom. The van der Waals surface area contributed by atoms with Crippen molar-refractivity contribution >= 4 is 52.1 Å². The SMILES string of the molecule is Cc1nc(/C=N\NC(=O)c2sc(-c3ccc(Cl)cc3)cc2N)cs1. The van der Waals surface area contributed by atoms with Gasteiger partial charge in [0.1, 0.15) is 4.88 Å². The predicted molar refractivity (Wildman–Crippen MR) is 101 cm³/mol. The molecule has 122 valence electrons. The number of hydrazone groups is 1. The maximum Gasteiger partial charge on any atom is 0.283 e. The number of aryl methyl sites for hydroxylation is 1. The van der Waals surface area contributed by atoms with Crippen molar-refractivity contribution in [2.24, 2.45) is 5.10 Å². The normalized spacial score (nSPS) is 11.1. The second kappa shape index (κ2) is 7.12. The molecule has 0 saturated carbocycles. The quantitative estimate of drug-likeness (QED) is 0.529. The van der Waals surface area contributed by atoms with Gasteiger partial charge in [0.25, 0.3) is 5.91 Å². The molecule has 3 aromatic rings. The fraction of sp³-hybridized carbons (Fsp3) is 0.0625. The zero-order valence-corrected chi connectivity index (χ0v) is 15.0. The van der Waals surface area contributed by atoms with E-state index in [9.17, 15) is 4.79 Å².